The Hall–Kier alpha value is -3.26. The van der Waals surface area contributed by atoms with Crippen molar-refractivity contribution in [2.45, 2.75) is 32.4 Å². The predicted octanol–water partition coefficient (Wildman–Crippen LogP) is 2.31. The maximum atomic E-state index is 12.7. The molecule has 1 unspecified atom stereocenters. The topological polar surface area (TPSA) is 126 Å². The van der Waals surface area contributed by atoms with Crippen LogP contribution < -0.4 is 21.1 Å². The van der Waals surface area contributed by atoms with Gasteiger partial charge >= 0.3 is 0 Å². The monoisotopic (exact) mass is 432 g/mol. The van der Waals surface area contributed by atoms with Crippen molar-refractivity contribution in [2.24, 2.45) is 10.9 Å². The van der Waals surface area contributed by atoms with E-state index >= 15 is 0 Å². The van der Waals surface area contributed by atoms with Gasteiger partial charge < -0.3 is 26.3 Å². The first-order valence-corrected chi connectivity index (χ1v) is 9.68. The smallest absolute Gasteiger partial charge is 0.251 e. The Bertz CT molecular complexity index is 929. The largest absolute Gasteiger partial charge is 0.489 e. The maximum absolute atomic E-state index is 12.7. The maximum Gasteiger partial charge on any atom is 0.251 e. The van der Waals surface area contributed by atoms with Crippen molar-refractivity contribution in [1.82, 2.24) is 10.6 Å². The number of nitrogens with two attached hydrogens (primary N) is 1. The van der Waals surface area contributed by atoms with Crippen molar-refractivity contribution in [2.75, 3.05) is 7.05 Å². The zero-order valence-electron chi connectivity index (χ0n) is 17.0. The van der Waals surface area contributed by atoms with E-state index in [0.717, 1.165) is 5.56 Å². The summed E-state index contributed by atoms with van der Waals surface area (Å²) in [7, 11) is 1.50. The van der Waals surface area contributed by atoms with Crippen LogP contribution in [-0.4, -0.2) is 42.1 Å². The number of amides is 2. The molecular formula is C21H25ClN4O4. The van der Waals surface area contributed by atoms with E-state index in [9.17, 15) is 9.59 Å². The second-order valence-electron chi connectivity index (χ2n) is 6.84. The van der Waals surface area contributed by atoms with E-state index in [4.69, 9.17) is 27.3 Å². The van der Waals surface area contributed by atoms with Crippen molar-refractivity contribution < 1.29 is 19.5 Å². The predicted molar refractivity (Wildman–Crippen MR) is 115 cm³/mol. The molecule has 2 aromatic rings. The summed E-state index contributed by atoms with van der Waals surface area (Å²) in [6.07, 6.45) is 0.203. The quantitative estimate of drug-likeness (QED) is 0.220. The number of oxime groups is 1. The van der Waals surface area contributed by atoms with Gasteiger partial charge in [-0.25, -0.2) is 0 Å². The molecule has 0 aromatic heterocycles. The average Bonchev–Trinajstić information content (AvgIpc) is 2.73. The first-order chi connectivity index (χ1) is 14.2. The number of halogens is 1. The Kier molecular flexibility index (Phi) is 8.06. The normalized spacial score (nSPS) is 12.4. The van der Waals surface area contributed by atoms with Crippen LogP contribution in [0.25, 0.3) is 0 Å². The summed E-state index contributed by atoms with van der Waals surface area (Å²) < 4.78 is 5.57. The highest BCUT2D eigenvalue weighted by Gasteiger charge is 2.21. The second kappa shape index (κ2) is 10.5. The Labute approximate surface area is 180 Å². The number of carbonyl (C=O) groups excluding carboxylic acids is 2. The highest BCUT2D eigenvalue weighted by Crippen LogP contribution is 2.26. The lowest BCUT2D eigenvalue weighted by Gasteiger charge is -2.18. The molecule has 2 rings (SSSR count). The van der Waals surface area contributed by atoms with Gasteiger partial charge in [0.05, 0.1) is 11.1 Å². The van der Waals surface area contributed by atoms with Crippen LogP contribution in [0.15, 0.2) is 47.6 Å². The third-order valence-corrected chi connectivity index (χ3v) is 4.52. The van der Waals surface area contributed by atoms with E-state index in [-0.39, 0.29) is 24.3 Å². The number of nitrogens with one attached hydrogen (secondary N) is 2. The highest BCUT2D eigenvalue weighted by atomic mass is 35.5. The molecule has 2 aromatic carbocycles. The Morgan fingerprint density at radius 1 is 1.17 bits per heavy atom. The summed E-state index contributed by atoms with van der Waals surface area (Å²) in [6, 6.07) is 10.7. The zero-order valence-corrected chi connectivity index (χ0v) is 17.7. The van der Waals surface area contributed by atoms with Crippen LogP contribution in [-0.2, 0) is 11.2 Å². The van der Waals surface area contributed by atoms with E-state index in [0.29, 0.717) is 21.9 Å². The van der Waals surface area contributed by atoms with Crippen LogP contribution in [0.1, 0.15) is 35.3 Å². The van der Waals surface area contributed by atoms with Crippen molar-refractivity contribution >= 4 is 29.3 Å². The molecule has 0 fully saturated rings. The molecule has 0 saturated carbocycles. The van der Waals surface area contributed by atoms with Crippen LogP contribution in [0.3, 0.4) is 0 Å². The third-order valence-electron chi connectivity index (χ3n) is 4.22. The minimum Gasteiger partial charge on any atom is -0.489 e. The molecule has 0 aliphatic rings. The highest BCUT2D eigenvalue weighted by molar-refractivity contribution is 6.32. The summed E-state index contributed by atoms with van der Waals surface area (Å²) in [5.41, 5.74) is 7.20. The Morgan fingerprint density at radius 3 is 2.33 bits per heavy atom. The molecule has 8 nitrogen and oxygen atoms in total. The molecule has 0 aliphatic carbocycles. The second-order valence-corrected chi connectivity index (χ2v) is 7.25. The third kappa shape index (κ3) is 6.12. The molecule has 160 valence electrons. The summed E-state index contributed by atoms with van der Waals surface area (Å²) in [4.78, 5) is 25.0. The van der Waals surface area contributed by atoms with Crippen LogP contribution in [0.2, 0.25) is 5.02 Å². The van der Waals surface area contributed by atoms with E-state index in [1.165, 1.54) is 13.1 Å². The lowest BCUT2D eigenvalue weighted by atomic mass is 10.0. The molecule has 0 saturated heterocycles. The van der Waals surface area contributed by atoms with Crippen LogP contribution in [0.5, 0.6) is 5.75 Å². The van der Waals surface area contributed by atoms with Gasteiger partial charge in [-0.3, -0.25) is 9.59 Å². The van der Waals surface area contributed by atoms with Gasteiger partial charge in [-0.05, 0) is 37.6 Å². The minimum absolute atomic E-state index is 0.0144. The number of carbonyl (C=O) groups is 2. The van der Waals surface area contributed by atoms with Gasteiger partial charge in [-0.15, -0.1) is 0 Å². The van der Waals surface area contributed by atoms with Gasteiger partial charge in [0.1, 0.15) is 11.8 Å². The number of hydrogen-bond acceptors (Lipinski definition) is 5. The van der Waals surface area contributed by atoms with Gasteiger partial charge in [0.25, 0.3) is 5.91 Å². The lowest BCUT2D eigenvalue weighted by Crippen LogP contribution is -2.47. The minimum atomic E-state index is -0.803. The number of hydrogen-bond donors (Lipinski definition) is 4. The van der Waals surface area contributed by atoms with Crippen molar-refractivity contribution in [3.05, 3.63) is 64.2 Å². The number of amidine groups is 1. The first kappa shape index (κ1) is 23.0. The fourth-order valence-corrected chi connectivity index (χ4v) is 2.95. The van der Waals surface area contributed by atoms with Crippen LogP contribution >= 0.6 is 11.6 Å². The summed E-state index contributed by atoms with van der Waals surface area (Å²) in [5.74, 6) is -0.305. The molecule has 0 heterocycles. The Balaban J connectivity index is 2.15. The molecule has 0 bridgehead atoms. The summed E-state index contributed by atoms with van der Waals surface area (Å²) in [6.45, 7) is 3.75. The van der Waals surface area contributed by atoms with Gasteiger partial charge in [0.15, 0.2) is 5.84 Å². The average molecular weight is 433 g/mol. The molecule has 0 radical (unpaired) electrons. The van der Waals surface area contributed by atoms with Gasteiger partial charge in [-0.1, -0.05) is 41.0 Å². The van der Waals surface area contributed by atoms with Crippen molar-refractivity contribution in [1.29, 1.82) is 0 Å². The van der Waals surface area contributed by atoms with Gasteiger partial charge in [0, 0.05) is 24.6 Å². The zero-order chi connectivity index (χ0) is 22.3. The number of ether oxygens (including phenoxy) is 1. The van der Waals surface area contributed by atoms with Gasteiger partial charge in [-0.2, -0.15) is 0 Å². The van der Waals surface area contributed by atoms with Crippen molar-refractivity contribution in [3.8, 4) is 5.75 Å². The molecule has 30 heavy (non-hydrogen) atoms. The first-order valence-electron chi connectivity index (χ1n) is 9.30. The number of benzene rings is 2. The molecular weight excluding hydrogens is 408 g/mol. The molecule has 9 heteroatoms. The molecule has 1 atom stereocenters. The van der Waals surface area contributed by atoms with E-state index in [2.05, 4.69) is 15.8 Å². The molecule has 5 N–H and O–H groups in total. The van der Waals surface area contributed by atoms with E-state index in [1.807, 2.05) is 13.8 Å². The van der Waals surface area contributed by atoms with Crippen molar-refractivity contribution in [3.63, 3.8) is 0 Å². The fourth-order valence-electron chi connectivity index (χ4n) is 2.72. The van der Waals surface area contributed by atoms with E-state index in [1.54, 1.807) is 36.4 Å². The molecule has 2 amide bonds. The van der Waals surface area contributed by atoms with Gasteiger partial charge in [0.2, 0.25) is 5.91 Å². The number of nitrogens with zero attached hydrogens (tertiary/aromatic N) is 1. The standard InChI is InChI=1S/C21H25ClN4O4/c1-12(2)30-18-9-8-15(11-16(18)22)20(27)25-17(21(28)24-3)10-13-4-6-14(7-5-13)19(23)26-29/h4-9,11-12,17,29H,10H2,1-3H3,(H2,23,26)(H,24,28)(H,25,27). The summed E-state index contributed by atoms with van der Waals surface area (Å²) in [5, 5.41) is 17.3. The van der Waals surface area contributed by atoms with E-state index < -0.39 is 11.9 Å². The number of likely N-dealkylation sites (N-methyl/N-ethyl adjacent to an activating group) is 1. The SMILES string of the molecule is CNC(=O)C(Cc1ccc(/C(N)=N/O)cc1)NC(=O)c1ccc(OC(C)C)c(Cl)c1. The van der Waals surface area contributed by atoms with Crippen LogP contribution in [0.4, 0.5) is 0 Å². The number of rotatable bonds is 8. The molecule has 0 aliphatic heterocycles. The fraction of sp³-hybridized carbons (Fsp3) is 0.286. The lowest BCUT2D eigenvalue weighted by molar-refractivity contribution is -0.122. The molecule has 0 spiro atoms. The van der Waals surface area contributed by atoms with Crippen LogP contribution in [0, 0.1) is 0 Å². The Morgan fingerprint density at radius 2 is 1.80 bits per heavy atom. The summed E-state index contributed by atoms with van der Waals surface area (Å²) >= 11 is 6.20.